The molecule has 1 aliphatic rings. The molecule has 2 aromatic heterocycles. The molecule has 1 fully saturated rings. The lowest BCUT2D eigenvalue weighted by molar-refractivity contribution is 0.262. The van der Waals surface area contributed by atoms with Crippen molar-refractivity contribution in [3.05, 3.63) is 31.0 Å². The van der Waals surface area contributed by atoms with Crippen molar-refractivity contribution < 1.29 is 0 Å². The molecule has 4 heteroatoms. The largest absolute Gasteiger partial charge is 0.398 e. The van der Waals surface area contributed by atoms with Crippen LogP contribution in [0.5, 0.6) is 0 Å². The van der Waals surface area contributed by atoms with Gasteiger partial charge in [-0.05, 0) is 24.8 Å². The van der Waals surface area contributed by atoms with Gasteiger partial charge in [-0.3, -0.25) is 4.98 Å². The van der Waals surface area contributed by atoms with E-state index >= 15 is 0 Å². The lowest BCUT2D eigenvalue weighted by Crippen LogP contribution is -2.19. The molecule has 2 aromatic rings. The van der Waals surface area contributed by atoms with Gasteiger partial charge in [-0.25, -0.2) is 4.98 Å². The van der Waals surface area contributed by atoms with Crippen LogP contribution in [0.3, 0.4) is 0 Å². The van der Waals surface area contributed by atoms with Crippen molar-refractivity contribution >= 4 is 5.69 Å². The Bertz CT molecular complexity index is 575. The summed E-state index contributed by atoms with van der Waals surface area (Å²) < 4.78 is 2.30. The number of rotatable bonds is 3. The van der Waals surface area contributed by atoms with Crippen LogP contribution in [0.1, 0.15) is 45.1 Å². The van der Waals surface area contributed by atoms with Gasteiger partial charge in [0.1, 0.15) is 0 Å². The van der Waals surface area contributed by atoms with Gasteiger partial charge in [0.2, 0.25) is 0 Å². The molecular formula is C16H22N4. The number of nitrogen functional groups attached to an aromatic ring is 1. The molecule has 20 heavy (non-hydrogen) atoms. The Labute approximate surface area is 120 Å². The third-order valence-electron chi connectivity index (χ3n) is 4.52. The van der Waals surface area contributed by atoms with E-state index in [1.807, 2.05) is 24.8 Å². The van der Waals surface area contributed by atoms with Gasteiger partial charge in [0.05, 0.1) is 18.2 Å². The number of imidazole rings is 1. The maximum Gasteiger partial charge on any atom is 0.0953 e. The number of aromatic nitrogens is 3. The summed E-state index contributed by atoms with van der Waals surface area (Å²) in [6.07, 6.45) is 13.9. The fourth-order valence-corrected chi connectivity index (χ4v) is 3.31. The zero-order valence-corrected chi connectivity index (χ0v) is 12.0. The highest BCUT2D eigenvalue weighted by Gasteiger charge is 2.24. The predicted octanol–water partition coefficient (Wildman–Crippen LogP) is 3.67. The van der Waals surface area contributed by atoms with Gasteiger partial charge in [0.15, 0.2) is 0 Å². The molecule has 0 aromatic carbocycles. The van der Waals surface area contributed by atoms with Gasteiger partial charge < -0.3 is 10.3 Å². The third kappa shape index (κ3) is 2.42. The van der Waals surface area contributed by atoms with Crippen LogP contribution in [0.15, 0.2) is 31.0 Å². The molecule has 3 rings (SSSR count). The van der Waals surface area contributed by atoms with E-state index in [1.165, 1.54) is 32.1 Å². The van der Waals surface area contributed by atoms with E-state index in [9.17, 15) is 0 Å². The highest BCUT2D eigenvalue weighted by atomic mass is 15.1. The topological polar surface area (TPSA) is 56.7 Å². The number of anilines is 1. The molecule has 1 aliphatic carbocycles. The molecular weight excluding hydrogens is 248 g/mol. The van der Waals surface area contributed by atoms with Crippen molar-refractivity contribution in [1.29, 1.82) is 0 Å². The summed E-state index contributed by atoms with van der Waals surface area (Å²) in [5.41, 5.74) is 8.93. The van der Waals surface area contributed by atoms with Gasteiger partial charge in [-0.2, -0.15) is 0 Å². The monoisotopic (exact) mass is 270 g/mol. The average Bonchev–Trinajstić information content (AvgIpc) is 2.97. The van der Waals surface area contributed by atoms with E-state index in [0.717, 1.165) is 22.9 Å². The van der Waals surface area contributed by atoms with Crippen LogP contribution in [-0.4, -0.2) is 14.5 Å². The molecule has 0 spiro atoms. The maximum atomic E-state index is 6.08. The summed E-state index contributed by atoms with van der Waals surface area (Å²) >= 11 is 0. The minimum atomic E-state index is 0.547. The molecule has 0 amide bonds. The molecule has 4 nitrogen and oxygen atoms in total. The first kappa shape index (κ1) is 13.2. The molecule has 0 saturated heterocycles. The number of nitrogens with two attached hydrogens (primary N) is 1. The SMILES string of the molecule is CCC1CCCC(n2cncc2-c2cnccc2N)C1. The van der Waals surface area contributed by atoms with Gasteiger partial charge in [-0.15, -0.1) is 0 Å². The smallest absolute Gasteiger partial charge is 0.0953 e. The molecule has 1 saturated carbocycles. The fourth-order valence-electron chi connectivity index (χ4n) is 3.31. The molecule has 2 atom stereocenters. The highest BCUT2D eigenvalue weighted by Crippen LogP contribution is 2.37. The van der Waals surface area contributed by atoms with Crippen LogP contribution < -0.4 is 5.73 Å². The van der Waals surface area contributed by atoms with Crippen molar-refractivity contribution in [3.63, 3.8) is 0 Å². The Kier molecular flexibility index (Phi) is 3.72. The summed E-state index contributed by atoms with van der Waals surface area (Å²) in [6, 6.07) is 2.40. The Morgan fingerprint density at radius 3 is 3.00 bits per heavy atom. The summed E-state index contributed by atoms with van der Waals surface area (Å²) in [5.74, 6) is 0.843. The number of hydrogen-bond donors (Lipinski definition) is 1. The summed E-state index contributed by atoms with van der Waals surface area (Å²) in [5, 5.41) is 0. The quantitative estimate of drug-likeness (QED) is 0.925. The maximum absolute atomic E-state index is 6.08. The number of nitrogens with zero attached hydrogens (tertiary/aromatic N) is 3. The van der Waals surface area contributed by atoms with Crippen LogP contribution in [0, 0.1) is 5.92 Å². The van der Waals surface area contributed by atoms with Crippen LogP contribution in [0.4, 0.5) is 5.69 Å². The van der Waals surface area contributed by atoms with Gasteiger partial charge >= 0.3 is 0 Å². The molecule has 0 bridgehead atoms. The van der Waals surface area contributed by atoms with Crippen molar-refractivity contribution in [1.82, 2.24) is 14.5 Å². The number of pyridine rings is 1. The summed E-state index contributed by atoms with van der Waals surface area (Å²) in [6.45, 7) is 2.29. The Morgan fingerprint density at radius 1 is 1.30 bits per heavy atom. The summed E-state index contributed by atoms with van der Waals surface area (Å²) in [7, 11) is 0. The summed E-state index contributed by atoms with van der Waals surface area (Å²) in [4.78, 5) is 8.54. The Morgan fingerprint density at radius 2 is 2.20 bits per heavy atom. The molecule has 0 radical (unpaired) electrons. The second kappa shape index (κ2) is 5.65. The normalized spacial score (nSPS) is 22.9. The second-order valence-electron chi connectivity index (χ2n) is 5.74. The van der Waals surface area contributed by atoms with Crippen LogP contribution >= 0.6 is 0 Å². The standard InChI is InChI=1S/C16H22N4/c1-2-12-4-3-5-13(8-12)20-11-19-10-16(20)14-9-18-7-6-15(14)17/h6-7,9-13H,2-5,8H2,1H3,(H2,17,18). The van der Waals surface area contributed by atoms with E-state index in [0.29, 0.717) is 6.04 Å². The molecule has 106 valence electrons. The molecule has 2 heterocycles. The predicted molar refractivity (Wildman–Crippen MR) is 81.2 cm³/mol. The van der Waals surface area contributed by atoms with Gasteiger partial charge in [-0.1, -0.05) is 26.2 Å². The Hall–Kier alpha value is -1.84. The van der Waals surface area contributed by atoms with Crippen molar-refractivity contribution in [2.24, 2.45) is 5.92 Å². The molecule has 2 unspecified atom stereocenters. The molecule has 2 N–H and O–H groups in total. The first-order chi connectivity index (χ1) is 9.79. The highest BCUT2D eigenvalue weighted by molar-refractivity contribution is 5.72. The van der Waals surface area contributed by atoms with Crippen LogP contribution in [-0.2, 0) is 0 Å². The van der Waals surface area contributed by atoms with Crippen molar-refractivity contribution in [3.8, 4) is 11.3 Å². The van der Waals surface area contributed by atoms with Gasteiger partial charge in [0.25, 0.3) is 0 Å². The average molecular weight is 270 g/mol. The lowest BCUT2D eigenvalue weighted by atomic mass is 9.84. The zero-order chi connectivity index (χ0) is 13.9. The molecule has 0 aliphatic heterocycles. The van der Waals surface area contributed by atoms with E-state index in [4.69, 9.17) is 5.73 Å². The minimum absolute atomic E-state index is 0.547. The van der Waals surface area contributed by atoms with E-state index in [1.54, 1.807) is 6.20 Å². The minimum Gasteiger partial charge on any atom is -0.398 e. The van der Waals surface area contributed by atoms with E-state index in [-0.39, 0.29) is 0 Å². The van der Waals surface area contributed by atoms with Crippen molar-refractivity contribution in [2.45, 2.75) is 45.1 Å². The van der Waals surface area contributed by atoms with Crippen LogP contribution in [0.2, 0.25) is 0 Å². The number of hydrogen-bond acceptors (Lipinski definition) is 3. The first-order valence-electron chi connectivity index (χ1n) is 7.51. The second-order valence-corrected chi connectivity index (χ2v) is 5.74. The van der Waals surface area contributed by atoms with Crippen LogP contribution in [0.25, 0.3) is 11.3 Å². The fraction of sp³-hybridized carbons (Fsp3) is 0.500. The zero-order valence-electron chi connectivity index (χ0n) is 12.0. The lowest BCUT2D eigenvalue weighted by Gasteiger charge is -2.30. The third-order valence-corrected chi connectivity index (χ3v) is 4.52. The van der Waals surface area contributed by atoms with E-state index < -0.39 is 0 Å². The van der Waals surface area contributed by atoms with E-state index in [2.05, 4.69) is 21.5 Å². The Balaban J connectivity index is 1.92. The van der Waals surface area contributed by atoms with Crippen molar-refractivity contribution in [2.75, 3.05) is 5.73 Å². The van der Waals surface area contributed by atoms with Gasteiger partial charge in [0, 0.05) is 29.7 Å². The first-order valence-corrected chi connectivity index (χ1v) is 7.51.